The third-order valence-corrected chi connectivity index (χ3v) is 5.66. The third kappa shape index (κ3) is 4.60. The topological polar surface area (TPSA) is 44.8 Å². The molecule has 0 radical (unpaired) electrons. The van der Waals surface area contributed by atoms with Gasteiger partial charge in [0.05, 0.1) is 19.3 Å². The van der Waals surface area contributed by atoms with E-state index in [1.165, 1.54) is 4.88 Å². The Kier molecular flexibility index (Phi) is 6.07. The maximum Gasteiger partial charge on any atom is 0.322 e. The molecule has 1 saturated heterocycles. The summed E-state index contributed by atoms with van der Waals surface area (Å²) in [5.41, 5.74) is 2.01. The fourth-order valence-corrected chi connectivity index (χ4v) is 3.71. The first kappa shape index (κ1) is 17.9. The number of thiophene rings is 1. The minimum atomic E-state index is -0.0877. The lowest BCUT2D eigenvalue weighted by Crippen LogP contribution is -2.36. The van der Waals surface area contributed by atoms with E-state index in [4.69, 9.17) is 4.74 Å². The van der Waals surface area contributed by atoms with Gasteiger partial charge in [0.15, 0.2) is 0 Å². The number of para-hydroxylation sites is 1. The van der Waals surface area contributed by atoms with Crippen molar-refractivity contribution in [1.29, 1.82) is 0 Å². The highest BCUT2D eigenvalue weighted by atomic mass is 32.1. The standard InChI is InChI=1S/C19H25N3O2S/c1-15(18-8-5-13-25-18)21(2)19(23)20-17-7-4-3-6-16(17)14-22-9-11-24-12-10-22/h3-8,13,15H,9-12,14H2,1-2H3,(H,20,23). The van der Waals surface area contributed by atoms with E-state index in [1.54, 1.807) is 16.2 Å². The molecule has 5 nitrogen and oxygen atoms in total. The summed E-state index contributed by atoms with van der Waals surface area (Å²) in [5.74, 6) is 0. The monoisotopic (exact) mass is 359 g/mol. The predicted octanol–water partition coefficient (Wildman–Crippen LogP) is 3.81. The van der Waals surface area contributed by atoms with Gasteiger partial charge in [-0.2, -0.15) is 0 Å². The lowest BCUT2D eigenvalue weighted by atomic mass is 10.1. The first-order valence-electron chi connectivity index (χ1n) is 8.60. The molecule has 2 aromatic rings. The largest absolute Gasteiger partial charge is 0.379 e. The van der Waals surface area contributed by atoms with Crippen molar-refractivity contribution >= 4 is 23.1 Å². The van der Waals surface area contributed by atoms with Gasteiger partial charge in [0.1, 0.15) is 0 Å². The van der Waals surface area contributed by atoms with E-state index < -0.39 is 0 Å². The van der Waals surface area contributed by atoms with Crippen LogP contribution in [0.1, 0.15) is 23.4 Å². The summed E-state index contributed by atoms with van der Waals surface area (Å²) in [6.45, 7) is 6.27. The van der Waals surface area contributed by atoms with E-state index >= 15 is 0 Å². The lowest BCUT2D eigenvalue weighted by Gasteiger charge is -2.28. The Morgan fingerprint density at radius 1 is 1.28 bits per heavy atom. The fraction of sp³-hybridized carbons (Fsp3) is 0.421. The van der Waals surface area contributed by atoms with Gasteiger partial charge in [-0.05, 0) is 30.0 Å². The molecule has 134 valence electrons. The first-order valence-corrected chi connectivity index (χ1v) is 9.48. The zero-order valence-corrected chi connectivity index (χ0v) is 15.6. The van der Waals surface area contributed by atoms with Crippen molar-refractivity contribution in [3.63, 3.8) is 0 Å². The van der Waals surface area contributed by atoms with Gasteiger partial charge in [-0.3, -0.25) is 4.90 Å². The summed E-state index contributed by atoms with van der Waals surface area (Å²) in [4.78, 5) is 18.0. The molecule has 0 saturated carbocycles. The zero-order valence-electron chi connectivity index (χ0n) is 14.8. The molecular weight excluding hydrogens is 334 g/mol. The first-order chi connectivity index (χ1) is 12.1. The quantitative estimate of drug-likeness (QED) is 0.883. The molecule has 2 heterocycles. The van der Waals surface area contributed by atoms with Crippen LogP contribution in [0.2, 0.25) is 0 Å². The van der Waals surface area contributed by atoms with Crippen molar-refractivity contribution in [2.45, 2.75) is 19.5 Å². The number of urea groups is 1. The van der Waals surface area contributed by atoms with Crippen LogP contribution in [0.4, 0.5) is 10.5 Å². The van der Waals surface area contributed by atoms with Gasteiger partial charge in [-0.1, -0.05) is 24.3 Å². The molecule has 25 heavy (non-hydrogen) atoms. The number of nitrogens with one attached hydrogen (secondary N) is 1. The van der Waals surface area contributed by atoms with Crippen LogP contribution in [0.15, 0.2) is 41.8 Å². The van der Waals surface area contributed by atoms with Gasteiger partial charge >= 0.3 is 6.03 Å². The van der Waals surface area contributed by atoms with Gasteiger partial charge in [0.25, 0.3) is 0 Å². The van der Waals surface area contributed by atoms with Crippen molar-refractivity contribution < 1.29 is 9.53 Å². The maximum atomic E-state index is 12.7. The van der Waals surface area contributed by atoms with Crippen LogP contribution >= 0.6 is 11.3 Å². The molecule has 0 aliphatic carbocycles. The molecule has 1 aliphatic rings. The molecule has 1 fully saturated rings. The molecule has 1 unspecified atom stereocenters. The van der Waals surface area contributed by atoms with Crippen LogP contribution in [0.5, 0.6) is 0 Å². The Labute approximate surface area is 153 Å². The zero-order chi connectivity index (χ0) is 17.6. The molecule has 2 amide bonds. The summed E-state index contributed by atoms with van der Waals surface area (Å²) >= 11 is 1.67. The van der Waals surface area contributed by atoms with Crippen LogP contribution in [-0.4, -0.2) is 49.2 Å². The van der Waals surface area contributed by atoms with E-state index in [0.29, 0.717) is 0 Å². The molecule has 0 bridgehead atoms. The van der Waals surface area contributed by atoms with E-state index in [0.717, 1.165) is 44.1 Å². The smallest absolute Gasteiger partial charge is 0.322 e. The third-order valence-electron chi connectivity index (χ3n) is 4.61. The maximum absolute atomic E-state index is 12.7. The number of nitrogens with zero attached hydrogens (tertiary/aromatic N) is 2. The highest BCUT2D eigenvalue weighted by molar-refractivity contribution is 7.10. The Hall–Kier alpha value is -1.89. The van der Waals surface area contributed by atoms with Gasteiger partial charge in [-0.25, -0.2) is 4.79 Å². The number of hydrogen-bond donors (Lipinski definition) is 1. The number of benzene rings is 1. The van der Waals surface area contributed by atoms with Crippen LogP contribution in [0, 0.1) is 0 Å². The molecule has 1 aromatic carbocycles. The molecule has 1 aliphatic heterocycles. The molecule has 0 spiro atoms. The fourth-order valence-electron chi connectivity index (χ4n) is 2.88. The lowest BCUT2D eigenvalue weighted by molar-refractivity contribution is 0.0342. The SMILES string of the molecule is CC(c1cccs1)N(C)C(=O)Nc1ccccc1CN1CCOCC1. The summed E-state index contributed by atoms with van der Waals surface area (Å²) in [6, 6.07) is 12.1. The number of hydrogen-bond acceptors (Lipinski definition) is 4. The molecule has 6 heteroatoms. The van der Waals surface area contributed by atoms with Crippen molar-refractivity contribution in [1.82, 2.24) is 9.80 Å². The van der Waals surface area contributed by atoms with E-state index in [2.05, 4.69) is 22.3 Å². The minimum absolute atomic E-state index is 0.0476. The van der Waals surface area contributed by atoms with E-state index in [9.17, 15) is 4.79 Å². The van der Waals surface area contributed by atoms with Gasteiger partial charge in [0, 0.05) is 37.2 Å². The molecule has 1 aromatic heterocycles. The number of amides is 2. The van der Waals surface area contributed by atoms with Crippen LogP contribution in [0.3, 0.4) is 0 Å². The van der Waals surface area contributed by atoms with Crippen molar-refractivity contribution in [3.05, 3.63) is 52.2 Å². The number of morpholine rings is 1. The van der Waals surface area contributed by atoms with Crippen molar-refractivity contribution in [3.8, 4) is 0 Å². The highest BCUT2D eigenvalue weighted by Gasteiger charge is 2.19. The second-order valence-corrected chi connectivity index (χ2v) is 7.26. The Morgan fingerprint density at radius 2 is 2.04 bits per heavy atom. The van der Waals surface area contributed by atoms with Crippen molar-refractivity contribution in [2.75, 3.05) is 38.7 Å². The van der Waals surface area contributed by atoms with Gasteiger partial charge < -0.3 is 15.0 Å². The molecule has 1 atom stereocenters. The minimum Gasteiger partial charge on any atom is -0.379 e. The van der Waals surface area contributed by atoms with Crippen LogP contribution < -0.4 is 5.32 Å². The second-order valence-electron chi connectivity index (χ2n) is 6.28. The average Bonchev–Trinajstić information content (AvgIpc) is 3.17. The number of rotatable bonds is 5. The summed E-state index contributed by atoms with van der Waals surface area (Å²) < 4.78 is 5.41. The highest BCUT2D eigenvalue weighted by Crippen LogP contribution is 2.25. The molecule has 1 N–H and O–H groups in total. The van der Waals surface area contributed by atoms with Gasteiger partial charge in [0.2, 0.25) is 0 Å². The second kappa shape index (κ2) is 8.47. The summed E-state index contributed by atoms with van der Waals surface area (Å²) in [5, 5.41) is 5.11. The summed E-state index contributed by atoms with van der Waals surface area (Å²) in [7, 11) is 1.84. The Balaban J connectivity index is 1.66. The predicted molar refractivity (Wildman–Crippen MR) is 102 cm³/mol. The number of ether oxygens (including phenoxy) is 1. The molecular formula is C19H25N3O2S. The Morgan fingerprint density at radius 3 is 2.76 bits per heavy atom. The van der Waals surface area contributed by atoms with E-state index in [-0.39, 0.29) is 12.1 Å². The van der Waals surface area contributed by atoms with E-state index in [1.807, 2.05) is 43.6 Å². The summed E-state index contributed by atoms with van der Waals surface area (Å²) in [6.07, 6.45) is 0. The van der Waals surface area contributed by atoms with Crippen molar-refractivity contribution in [2.24, 2.45) is 0 Å². The normalized spacial score (nSPS) is 16.4. The average molecular weight is 359 g/mol. The van der Waals surface area contributed by atoms with Crippen LogP contribution in [-0.2, 0) is 11.3 Å². The molecule has 3 rings (SSSR count). The van der Waals surface area contributed by atoms with Crippen LogP contribution in [0.25, 0.3) is 0 Å². The number of carbonyl (C=O) groups excluding carboxylic acids is 1. The number of anilines is 1. The Bertz CT molecular complexity index is 684. The number of carbonyl (C=O) groups is 1. The van der Waals surface area contributed by atoms with Gasteiger partial charge in [-0.15, -0.1) is 11.3 Å².